The summed E-state index contributed by atoms with van der Waals surface area (Å²) in [6, 6.07) is 24.7. The Bertz CT molecular complexity index is 1080. The average molecular weight is 440 g/mol. The van der Waals surface area contributed by atoms with Gasteiger partial charge in [0.2, 0.25) is 10.0 Å². The van der Waals surface area contributed by atoms with Gasteiger partial charge in [-0.3, -0.25) is 0 Å². The summed E-state index contributed by atoms with van der Waals surface area (Å²) in [7, 11) is -2.46. The van der Waals surface area contributed by atoms with E-state index in [-0.39, 0.29) is 11.4 Å². The summed E-state index contributed by atoms with van der Waals surface area (Å²) in [5, 5.41) is 0. The second-order valence-electron chi connectivity index (χ2n) is 7.01. The summed E-state index contributed by atoms with van der Waals surface area (Å²) in [6.07, 6.45) is -1.72. The molecule has 0 heterocycles. The lowest BCUT2D eigenvalue weighted by molar-refractivity contribution is -0.158. The third-order valence-electron chi connectivity index (χ3n) is 4.78. The number of carbonyl (C=O) groups is 1. The lowest BCUT2D eigenvalue weighted by atomic mass is 10.1. The van der Waals surface area contributed by atoms with Gasteiger partial charge >= 0.3 is 5.97 Å². The molecular weight excluding hydrogens is 414 g/mol. The maximum Gasteiger partial charge on any atom is 0.339 e. The molecule has 0 radical (unpaired) electrons. The molecule has 0 aromatic heterocycles. The Hall–Kier alpha value is -3.00. The van der Waals surface area contributed by atoms with Crippen LogP contribution in [0, 0.1) is 6.92 Å². The zero-order valence-corrected chi connectivity index (χ0v) is 18.2. The first-order valence-corrected chi connectivity index (χ1v) is 11.3. The van der Waals surface area contributed by atoms with Crippen LogP contribution in [-0.2, 0) is 24.3 Å². The van der Waals surface area contributed by atoms with E-state index in [1.165, 1.54) is 7.11 Å². The predicted molar refractivity (Wildman–Crippen MR) is 118 cm³/mol. The molecule has 0 bridgehead atoms. The molecule has 2 atom stereocenters. The number of nitrogens with one attached hydrogen (secondary N) is 1. The van der Waals surface area contributed by atoms with Gasteiger partial charge in [-0.2, -0.15) is 0 Å². The maximum atomic E-state index is 12.8. The largest absolute Gasteiger partial charge is 0.467 e. The molecule has 0 unspecified atom stereocenters. The van der Waals surface area contributed by atoms with E-state index >= 15 is 0 Å². The van der Waals surface area contributed by atoms with Crippen molar-refractivity contribution in [3.05, 3.63) is 102 Å². The number of sulfonamides is 1. The van der Waals surface area contributed by atoms with Gasteiger partial charge in [0.15, 0.2) is 6.10 Å². The molecule has 0 aliphatic carbocycles. The van der Waals surface area contributed by atoms with Gasteiger partial charge in [0, 0.05) is 6.54 Å². The molecule has 3 rings (SSSR count). The molecule has 0 saturated carbocycles. The van der Waals surface area contributed by atoms with Gasteiger partial charge < -0.3 is 9.47 Å². The number of hydrogen-bond donors (Lipinski definition) is 1. The van der Waals surface area contributed by atoms with Crippen molar-refractivity contribution in [2.24, 2.45) is 0 Å². The van der Waals surface area contributed by atoms with Gasteiger partial charge in [-0.15, -0.1) is 0 Å². The number of hydrogen-bond acceptors (Lipinski definition) is 5. The Morgan fingerprint density at radius 2 is 1.42 bits per heavy atom. The van der Waals surface area contributed by atoms with Crippen LogP contribution in [0.2, 0.25) is 0 Å². The zero-order chi connectivity index (χ0) is 22.3. The van der Waals surface area contributed by atoms with Crippen molar-refractivity contribution in [2.75, 3.05) is 13.7 Å². The molecule has 0 fully saturated rings. The van der Waals surface area contributed by atoms with Gasteiger partial charge in [-0.05, 0) is 30.2 Å². The predicted octanol–water partition coefficient (Wildman–Crippen LogP) is 3.95. The summed E-state index contributed by atoms with van der Waals surface area (Å²) >= 11 is 0. The van der Waals surface area contributed by atoms with Crippen molar-refractivity contribution in [3.8, 4) is 0 Å². The Labute approximate surface area is 182 Å². The molecule has 7 heteroatoms. The van der Waals surface area contributed by atoms with Crippen molar-refractivity contribution >= 4 is 16.0 Å². The van der Waals surface area contributed by atoms with Crippen LogP contribution in [0.4, 0.5) is 0 Å². The summed E-state index contributed by atoms with van der Waals surface area (Å²) < 4.78 is 39.2. The van der Waals surface area contributed by atoms with E-state index < -0.39 is 28.2 Å². The van der Waals surface area contributed by atoms with E-state index in [4.69, 9.17) is 9.47 Å². The highest BCUT2D eigenvalue weighted by molar-refractivity contribution is 7.89. The quantitative estimate of drug-likeness (QED) is 0.511. The zero-order valence-electron chi connectivity index (χ0n) is 17.4. The van der Waals surface area contributed by atoms with E-state index in [2.05, 4.69) is 4.72 Å². The SMILES string of the molecule is COC(=O)[C@@H](O[C@@H](CNS(=O)(=O)c1ccc(C)cc1)c1ccccc1)c1ccccc1. The molecule has 0 amide bonds. The Kier molecular flexibility index (Phi) is 7.57. The van der Waals surface area contributed by atoms with Crippen LogP contribution < -0.4 is 4.72 Å². The number of ether oxygens (including phenoxy) is 2. The number of rotatable bonds is 9. The third-order valence-corrected chi connectivity index (χ3v) is 6.22. The van der Waals surface area contributed by atoms with Crippen molar-refractivity contribution in [3.63, 3.8) is 0 Å². The van der Waals surface area contributed by atoms with Gasteiger partial charge in [0.1, 0.15) is 0 Å². The fraction of sp³-hybridized carbons (Fsp3) is 0.208. The second-order valence-corrected chi connectivity index (χ2v) is 8.78. The van der Waals surface area contributed by atoms with Crippen LogP contribution >= 0.6 is 0 Å². The molecular formula is C24H25NO5S. The lowest BCUT2D eigenvalue weighted by Gasteiger charge is -2.24. The van der Waals surface area contributed by atoms with Gasteiger partial charge in [0.05, 0.1) is 18.1 Å². The van der Waals surface area contributed by atoms with Crippen LogP contribution in [0.1, 0.15) is 28.9 Å². The van der Waals surface area contributed by atoms with Crippen LogP contribution in [-0.4, -0.2) is 28.0 Å². The lowest BCUT2D eigenvalue weighted by Crippen LogP contribution is -2.31. The number of methoxy groups -OCH3 is 1. The molecule has 1 N–H and O–H groups in total. The highest BCUT2D eigenvalue weighted by Gasteiger charge is 2.28. The fourth-order valence-corrected chi connectivity index (χ4v) is 4.10. The number of aryl methyl sites for hydroxylation is 1. The normalized spacial score (nSPS) is 13.4. The van der Waals surface area contributed by atoms with Crippen LogP contribution in [0.15, 0.2) is 89.8 Å². The second kappa shape index (κ2) is 10.3. The van der Waals surface area contributed by atoms with Gasteiger partial charge in [0.25, 0.3) is 0 Å². The molecule has 31 heavy (non-hydrogen) atoms. The Morgan fingerprint density at radius 3 is 1.97 bits per heavy atom. The maximum absolute atomic E-state index is 12.8. The monoisotopic (exact) mass is 439 g/mol. The number of benzene rings is 3. The minimum atomic E-state index is -3.75. The standard InChI is InChI=1S/C24H25NO5S/c1-18-13-15-21(16-14-18)31(27,28)25-17-22(19-9-5-3-6-10-19)30-23(24(26)29-2)20-11-7-4-8-12-20/h3-16,22-23,25H,17H2,1-2H3/t22-,23-/m0/s1. The first kappa shape index (κ1) is 22.7. The molecule has 0 saturated heterocycles. The molecule has 0 spiro atoms. The van der Waals surface area contributed by atoms with E-state index in [1.807, 2.05) is 43.3 Å². The van der Waals surface area contributed by atoms with Crippen molar-refractivity contribution < 1.29 is 22.7 Å². The summed E-state index contributed by atoms with van der Waals surface area (Å²) in [5.74, 6) is -0.562. The summed E-state index contributed by atoms with van der Waals surface area (Å²) in [6.45, 7) is 1.83. The van der Waals surface area contributed by atoms with E-state index in [0.29, 0.717) is 5.56 Å². The topological polar surface area (TPSA) is 81.7 Å². The van der Waals surface area contributed by atoms with Crippen LogP contribution in [0.5, 0.6) is 0 Å². The van der Waals surface area contributed by atoms with Crippen LogP contribution in [0.25, 0.3) is 0 Å². The van der Waals surface area contributed by atoms with Crippen LogP contribution in [0.3, 0.4) is 0 Å². The van der Waals surface area contributed by atoms with Gasteiger partial charge in [-0.25, -0.2) is 17.9 Å². The van der Waals surface area contributed by atoms with Gasteiger partial charge in [-0.1, -0.05) is 78.4 Å². The smallest absolute Gasteiger partial charge is 0.339 e. The fourth-order valence-electron chi connectivity index (χ4n) is 3.07. The number of esters is 1. The molecule has 0 aliphatic heterocycles. The molecule has 6 nitrogen and oxygen atoms in total. The minimum Gasteiger partial charge on any atom is -0.467 e. The average Bonchev–Trinajstić information content (AvgIpc) is 2.80. The first-order chi connectivity index (χ1) is 14.9. The molecule has 0 aliphatic rings. The Morgan fingerprint density at radius 1 is 0.871 bits per heavy atom. The van der Waals surface area contributed by atoms with E-state index in [1.54, 1.807) is 48.5 Å². The number of carbonyl (C=O) groups excluding carboxylic acids is 1. The third kappa shape index (κ3) is 6.01. The Balaban J connectivity index is 1.86. The summed E-state index contributed by atoms with van der Waals surface area (Å²) in [5.41, 5.74) is 2.32. The van der Waals surface area contributed by atoms with Crippen molar-refractivity contribution in [2.45, 2.75) is 24.0 Å². The summed E-state index contributed by atoms with van der Waals surface area (Å²) in [4.78, 5) is 12.6. The van der Waals surface area contributed by atoms with E-state index in [9.17, 15) is 13.2 Å². The molecule has 3 aromatic rings. The highest BCUT2D eigenvalue weighted by atomic mass is 32.2. The highest BCUT2D eigenvalue weighted by Crippen LogP contribution is 2.28. The molecule has 3 aromatic carbocycles. The van der Waals surface area contributed by atoms with E-state index in [0.717, 1.165) is 11.1 Å². The van der Waals surface area contributed by atoms with Crippen molar-refractivity contribution in [1.82, 2.24) is 4.72 Å². The first-order valence-electron chi connectivity index (χ1n) is 9.80. The molecule has 162 valence electrons. The van der Waals surface area contributed by atoms with Crippen molar-refractivity contribution in [1.29, 1.82) is 0 Å². The minimum absolute atomic E-state index is 0.0550.